The molecule has 0 atom stereocenters. The van der Waals surface area contributed by atoms with Crippen LogP contribution in [0.4, 0.5) is 0 Å². The van der Waals surface area contributed by atoms with E-state index in [2.05, 4.69) is 11.7 Å². The van der Waals surface area contributed by atoms with Crippen molar-refractivity contribution in [3.05, 3.63) is 12.7 Å². The van der Waals surface area contributed by atoms with Gasteiger partial charge in [0.2, 0.25) is 0 Å². The van der Waals surface area contributed by atoms with Crippen LogP contribution in [0.15, 0.2) is 17.8 Å². The van der Waals surface area contributed by atoms with Crippen molar-refractivity contribution in [3.63, 3.8) is 0 Å². The first-order chi connectivity index (χ1) is 2.84. The number of hydrazone groups is 1. The van der Waals surface area contributed by atoms with Crippen molar-refractivity contribution < 1.29 is 0 Å². The molecular formula is C4H6N2. The van der Waals surface area contributed by atoms with Gasteiger partial charge < -0.3 is 0 Å². The predicted octanol–water partition coefficient (Wildman–Crippen LogP) is 0.431. The molecule has 0 radical (unpaired) electrons. The van der Waals surface area contributed by atoms with E-state index in [9.17, 15) is 0 Å². The van der Waals surface area contributed by atoms with E-state index in [-0.39, 0.29) is 0 Å². The largest absolute Gasteiger partial charge is 0.247 e. The van der Waals surface area contributed by atoms with Crippen LogP contribution in [0.1, 0.15) is 0 Å². The average Bonchev–Trinajstić information content (AvgIpc) is 2.19. The maximum Gasteiger partial charge on any atom is 0.168 e. The molecule has 2 nitrogen and oxygen atoms in total. The molecule has 0 bridgehead atoms. The fraction of sp³-hybridized carbons (Fsp3) is 0.250. The third-order valence-corrected chi connectivity index (χ3v) is 0.727. The number of rotatable bonds is 1. The molecule has 0 fully saturated rings. The van der Waals surface area contributed by atoms with Crippen LogP contribution in [0, 0.1) is 0 Å². The van der Waals surface area contributed by atoms with Gasteiger partial charge in [-0.05, 0) is 6.08 Å². The Labute approximate surface area is 36.8 Å². The highest BCUT2D eigenvalue weighted by molar-refractivity contribution is 5.99. The summed E-state index contributed by atoms with van der Waals surface area (Å²) in [6.45, 7) is 3.50. The van der Waals surface area contributed by atoms with E-state index in [0.717, 1.165) is 5.84 Å². The van der Waals surface area contributed by atoms with E-state index in [1.807, 2.05) is 7.05 Å². The van der Waals surface area contributed by atoms with Gasteiger partial charge in [0.05, 0.1) is 0 Å². The van der Waals surface area contributed by atoms with Gasteiger partial charge in [0, 0.05) is 7.05 Å². The number of hydrogen-bond donors (Lipinski definition) is 0. The first-order valence-corrected chi connectivity index (χ1v) is 1.79. The van der Waals surface area contributed by atoms with Crippen LogP contribution in [-0.2, 0) is 0 Å². The van der Waals surface area contributed by atoms with Gasteiger partial charge in [-0.25, -0.2) is 5.01 Å². The zero-order valence-electron chi connectivity index (χ0n) is 3.68. The number of amidine groups is 1. The molecule has 1 aliphatic heterocycles. The third-order valence-electron chi connectivity index (χ3n) is 0.727. The Kier molecular flexibility index (Phi) is 0.473. The zero-order chi connectivity index (χ0) is 4.57. The predicted molar refractivity (Wildman–Crippen MR) is 25.4 cm³/mol. The molecule has 0 aromatic rings. The fourth-order valence-electron chi connectivity index (χ4n) is 0.304. The smallest absolute Gasteiger partial charge is 0.168 e. The summed E-state index contributed by atoms with van der Waals surface area (Å²) in [7, 11) is 1.89. The monoisotopic (exact) mass is 82.1 g/mol. The summed E-state index contributed by atoms with van der Waals surface area (Å²) in [6.07, 6.45) is 1.72. The van der Waals surface area contributed by atoms with Gasteiger partial charge in [-0.3, -0.25) is 0 Å². The lowest BCUT2D eigenvalue weighted by molar-refractivity contribution is 0.686. The molecule has 0 aliphatic carbocycles. The minimum Gasteiger partial charge on any atom is -0.247 e. The van der Waals surface area contributed by atoms with Gasteiger partial charge in [0.25, 0.3) is 0 Å². The zero-order valence-corrected chi connectivity index (χ0v) is 3.68. The van der Waals surface area contributed by atoms with Crippen molar-refractivity contribution >= 4 is 5.84 Å². The Morgan fingerprint density at radius 3 is 2.50 bits per heavy atom. The normalized spacial score (nSPS) is 16.8. The van der Waals surface area contributed by atoms with Crippen LogP contribution < -0.4 is 0 Å². The second-order valence-electron chi connectivity index (χ2n) is 1.19. The van der Waals surface area contributed by atoms with E-state index in [1.165, 1.54) is 0 Å². The fourth-order valence-corrected chi connectivity index (χ4v) is 0.304. The van der Waals surface area contributed by atoms with Gasteiger partial charge in [0.1, 0.15) is 0 Å². The highest BCUT2D eigenvalue weighted by Crippen LogP contribution is 2.03. The van der Waals surface area contributed by atoms with Crippen molar-refractivity contribution in [1.82, 2.24) is 5.01 Å². The summed E-state index contributed by atoms with van der Waals surface area (Å²) in [5, 5.41) is 5.58. The molecule has 6 heavy (non-hydrogen) atoms. The van der Waals surface area contributed by atoms with E-state index in [4.69, 9.17) is 0 Å². The van der Waals surface area contributed by atoms with Gasteiger partial charge in [0.15, 0.2) is 5.84 Å². The summed E-state index contributed by atoms with van der Waals surface area (Å²) >= 11 is 0. The lowest BCUT2D eigenvalue weighted by Gasteiger charge is -1.76. The molecule has 0 saturated carbocycles. The summed E-state index contributed by atoms with van der Waals surface area (Å²) in [6, 6.07) is 0. The molecule has 0 aromatic carbocycles. The van der Waals surface area contributed by atoms with Gasteiger partial charge >= 0.3 is 0 Å². The molecule has 0 unspecified atom stereocenters. The molecular weight excluding hydrogens is 76.1 g/mol. The Morgan fingerprint density at radius 1 is 2.00 bits per heavy atom. The number of nitrogens with zero attached hydrogens (tertiary/aromatic N) is 2. The van der Waals surface area contributed by atoms with Crippen molar-refractivity contribution in [3.8, 4) is 0 Å². The Hall–Kier alpha value is -0.790. The Bertz CT molecular complexity index is 104. The number of likely N-dealkylation sites (N-methyl/N-ethyl adjacent to an activating group) is 1. The van der Waals surface area contributed by atoms with Crippen molar-refractivity contribution in [2.24, 2.45) is 5.10 Å². The topological polar surface area (TPSA) is 15.4 Å². The van der Waals surface area contributed by atoms with Crippen LogP contribution in [0.5, 0.6) is 0 Å². The van der Waals surface area contributed by atoms with Crippen LogP contribution in [-0.4, -0.2) is 17.9 Å². The third kappa shape index (κ3) is 0.302. The Balaban J connectivity index is 2.42. The molecule has 0 N–H and O–H groups in total. The standard InChI is InChI=1S/C4H6N2/c1-3-4-5-6(4)2/h3H,1H2,2H3. The number of hydrogen-bond acceptors (Lipinski definition) is 2. The maximum absolute atomic E-state index is 3.81. The highest BCUT2D eigenvalue weighted by atomic mass is 15.6. The lowest BCUT2D eigenvalue weighted by Crippen LogP contribution is -1.91. The van der Waals surface area contributed by atoms with Crippen molar-refractivity contribution in [1.29, 1.82) is 0 Å². The van der Waals surface area contributed by atoms with Gasteiger partial charge in [-0.1, -0.05) is 6.58 Å². The highest BCUT2D eigenvalue weighted by Gasteiger charge is 2.11. The lowest BCUT2D eigenvalue weighted by atomic mass is 10.6. The average molecular weight is 82.1 g/mol. The molecule has 0 amide bonds. The van der Waals surface area contributed by atoms with Gasteiger partial charge in [-0.15, -0.1) is 0 Å². The maximum atomic E-state index is 3.81. The second kappa shape index (κ2) is 0.834. The van der Waals surface area contributed by atoms with Crippen LogP contribution >= 0.6 is 0 Å². The summed E-state index contributed by atoms with van der Waals surface area (Å²) < 4.78 is 0. The molecule has 1 heterocycles. The second-order valence-corrected chi connectivity index (χ2v) is 1.19. The molecule has 1 aliphatic rings. The van der Waals surface area contributed by atoms with Crippen LogP contribution in [0.2, 0.25) is 0 Å². The Morgan fingerprint density at radius 2 is 2.50 bits per heavy atom. The SMILES string of the molecule is C=CC1=NN1C. The van der Waals surface area contributed by atoms with E-state index >= 15 is 0 Å². The van der Waals surface area contributed by atoms with Crippen molar-refractivity contribution in [2.75, 3.05) is 7.05 Å². The summed E-state index contributed by atoms with van der Waals surface area (Å²) in [5.41, 5.74) is 0. The summed E-state index contributed by atoms with van der Waals surface area (Å²) in [5.74, 6) is 0.981. The quantitative estimate of drug-likeness (QED) is 0.448. The molecule has 0 spiro atoms. The first kappa shape index (κ1) is 3.40. The molecule has 1 rings (SSSR count). The minimum atomic E-state index is 0.981. The van der Waals surface area contributed by atoms with Crippen LogP contribution in [0.25, 0.3) is 0 Å². The molecule has 2 heteroatoms. The molecule has 0 aromatic heterocycles. The van der Waals surface area contributed by atoms with Crippen molar-refractivity contribution in [2.45, 2.75) is 0 Å². The van der Waals surface area contributed by atoms with E-state index in [0.29, 0.717) is 0 Å². The molecule has 0 saturated heterocycles. The van der Waals surface area contributed by atoms with Gasteiger partial charge in [-0.2, -0.15) is 5.10 Å². The van der Waals surface area contributed by atoms with E-state index < -0.39 is 0 Å². The van der Waals surface area contributed by atoms with Crippen LogP contribution in [0.3, 0.4) is 0 Å². The van der Waals surface area contributed by atoms with E-state index in [1.54, 1.807) is 11.1 Å². The summed E-state index contributed by atoms with van der Waals surface area (Å²) in [4.78, 5) is 0. The molecule has 32 valence electrons. The first-order valence-electron chi connectivity index (χ1n) is 1.79. The minimum absolute atomic E-state index is 0.981.